The number of nitrogens with one attached hydrogen (secondary N) is 2. The van der Waals surface area contributed by atoms with Crippen LogP contribution in [0.3, 0.4) is 0 Å². The third-order valence-corrected chi connectivity index (χ3v) is 6.96. The van der Waals surface area contributed by atoms with E-state index in [0.717, 1.165) is 48.7 Å². The molecule has 1 aliphatic rings. The molecule has 0 spiro atoms. The van der Waals surface area contributed by atoms with Crippen LogP contribution in [0.1, 0.15) is 0 Å². The van der Waals surface area contributed by atoms with Gasteiger partial charge in [0.1, 0.15) is 5.75 Å². The van der Waals surface area contributed by atoms with Gasteiger partial charge in [-0.3, -0.25) is 4.72 Å². The number of fused-ring (bicyclic) bond motifs is 1. The molecular weight excluding hydrogens is 519 g/mol. The van der Waals surface area contributed by atoms with E-state index in [9.17, 15) is 8.42 Å². The van der Waals surface area contributed by atoms with Crippen LogP contribution in [0, 0.1) is 0 Å². The number of hydrogen-bond acceptors (Lipinski definition) is 6. The molecule has 0 atom stereocenters. The monoisotopic (exact) mass is 548 g/mol. The van der Waals surface area contributed by atoms with Gasteiger partial charge in [0, 0.05) is 56.7 Å². The van der Waals surface area contributed by atoms with Gasteiger partial charge in [-0.05, 0) is 30.3 Å². The van der Waals surface area contributed by atoms with Crippen LogP contribution in [0.25, 0.3) is 10.8 Å². The molecule has 1 heterocycles. The molecule has 34 heavy (non-hydrogen) atoms. The SMILES string of the molecule is COc1ccc(NS(=O)(=O)c2cccc3c(N(C)C)cccc23)cc1N1CCNCC1.Cl.Cl.Cl. The Morgan fingerprint density at radius 2 is 1.59 bits per heavy atom. The molecule has 1 saturated heterocycles. The van der Waals surface area contributed by atoms with Gasteiger partial charge in [-0.25, -0.2) is 8.42 Å². The molecule has 2 N–H and O–H groups in total. The van der Waals surface area contributed by atoms with Crippen LogP contribution in [-0.2, 0) is 10.0 Å². The first-order chi connectivity index (χ1) is 14.9. The fourth-order valence-electron chi connectivity index (χ4n) is 4.01. The third-order valence-electron chi connectivity index (χ3n) is 5.52. The van der Waals surface area contributed by atoms with Gasteiger partial charge in [0.15, 0.2) is 0 Å². The number of nitrogens with zero attached hydrogens (tertiary/aromatic N) is 2. The van der Waals surface area contributed by atoms with E-state index in [-0.39, 0.29) is 42.1 Å². The van der Waals surface area contributed by atoms with Gasteiger partial charge in [-0.1, -0.05) is 24.3 Å². The van der Waals surface area contributed by atoms with Gasteiger partial charge in [0.2, 0.25) is 0 Å². The number of piperazine rings is 1. The van der Waals surface area contributed by atoms with Gasteiger partial charge in [-0.2, -0.15) is 0 Å². The molecule has 3 aromatic carbocycles. The molecule has 4 rings (SSSR count). The highest BCUT2D eigenvalue weighted by Crippen LogP contribution is 2.34. The summed E-state index contributed by atoms with van der Waals surface area (Å²) in [7, 11) is 1.73. The van der Waals surface area contributed by atoms with Gasteiger partial charge >= 0.3 is 0 Å². The Morgan fingerprint density at radius 1 is 0.941 bits per heavy atom. The summed E-state index contributed by atoms with van der Waals surface area (Å²) in [5.41, 5.74) is 2.37. The van der Waals surface area contributed by atoms with Crippen molar-refractivity contribution in [3.8, 4) is 5.75 Å². The number of rotatable bonds is 6. The fourth-order valence-corrected chi connectivity index (χ4v) is 5.28. The second-order valence-corrected chi connectivity index (χ2v) is 9.40. The molecule has 0 amide bonds. The summed E-state index contributed by atoms with van der Waals surface area (Å²) in [6.07, 6.45) is 0. The second kappa shape index (κ2) is 12.6. The molecule has 188 valence electrons. The predicted octanol–water partition coefficient (Wildman–Crippen LogP) is 4.39. The van der Waals surface area contributed by atoms with Crippen molar-refractivity contribution in [2.45, 2.75) is 4.90 Å². The second-order valence-electron chi connectivity index (χ2n) is 7.75. The average Bonchev–Trinajstić information content (AvgIpc) is 2.78. The number of anilines is 3. The largest absolute Gasteiger partial charge is 0.495 e. The van der Waals surface area contributed by atoms with Crippen molar-refractivity contribution in [1.29, 1.82) is 0 Å². The number of sulfonamides is 1. The van der Waals surface area contributed by atoms with Crippen molar-refractivity contribution < 1.29 is 13.2 Å². The van der Waals surface area contributed by atoms with Crippen LogP contribution in [0.2, 0.25) is 0 Å². The summed E-state index contributed by atoms with van der Waals surface area (Å²) in [5.74, 6) is 0.727. The lowest BCUT2D eigenvalue weighted by atomic mass is 10.1. The topological polar surface area (TPSA) is 73.9 Å². The van der Waals surface area contributed by atoms with E-state index in [1.165, 1.54) is 0 Å². The summed E-state index contributed by atoms with van der Waals surface area (Å²) in [5, 5.41) is 4.92. The summed E-state index contributed by atoms with van der Waals surface area (Å²) in [6.45, 7) is 3.43. The van der Waals surface area contributed by atoms with Crippen LogP contribution in [-0.4, -0.2) is 55.8 Å². The molecule has 1 fully saturated rings. The van der Waals surface area contributed by atoms with E-state index >= 15 is 0 Å². The third kappa shape index (κ3) is 6.12. The highest BCUT2D eigenvalue weighted by atomic mass is 35.5. The highest BCUT2D eigenvalue weighted by Gasteiger charge is 2.21. The minimum Gasteiger partial charge on any atom is -0.495 e. The van der Waals surface area contributed by atoms with Crippen LogP contribution in [0.4, 0.5) is 17.1 Å². The van der Waals surface area contributed by atoms with E-state index in [1.807, 2.05) is 55.4 Å². The first kappa shape index (κ1) is 29.9. The molecule has 0 aromatic heterocycles. The van der Waals surface area contributed by atoms with Gasteiger partial charge in [-0.15, -0.1) is 37.2 Å². The Labute approximate surface area is 220 Å². The quantitative estimate of drug-likeness (QED) is 0.475. The molecule has 1 aliphatic heterocycles. The fraction of sp³-hybridized carbons (Fsp3) is 0.304. The number of halogens is 3. The smallest absolute Gasteiger partial charge is 0.262 e. The zero-order valence-corrected chi connectivity index (χ0v) is 22.5. The van der Waals surface area contributed by atoms with Crippen molar-refractivity contribution in [2.75, 3.05) is 61.9 Å². The standard InChI is InChI=1S/C23H28N4O3S.3ClH/c1-26(2)20-8-4-7-19-18(20)6-5-9-23(19)31(28,29)25-17-10-11-22(30-3)21(16-17)27-14-12-24-13-15-27;;;/h4-11,16,24-25H,12-15H2,1-3H3;3*1H. The molecular formula is C23H31Cl3N4O3S. The van der Waals surface area contributed by atoms with E-state index in [2.05, 4.69) is 14.9 Å². The lowest BCUT2D eigenvalue weighted by Crippen LogP contribution is -2.43. The number of benzene rings is 3. The van der Waals surface area contributed by atoms with Crippen LogP contribution >= 0.6 is 37.2 Å². The summed E-state index contributed by atoms with van der Waals surface area (Å²) in [6, 6.07) is 16.5. The number of methoxy groups -OCH3 is 1. The first-order valence-electron chi connectivity index (χ1n) is 10.3. The molecule has 0 aliphatic carbocycles. The summed E-state index contributed by atoms with van der Waals surface area (Å²) >= 11 is 0. The zero-order chi connectivity index (χ0) is 22.0. The highest BCUT2D eigenvalue weighted by molar-refractivity contribution is 7.93. The molecule has 0 radical (unpaired) electrons. The van der Waals surface area contributed by atoms with E-state index in [4.69, 9.17) is 4.74 Å². The molecule has 3 aromatic rings. The minimum atomic E-state index is -3.79. The van der Waals surface area contributed by atoms with Crippen LogP contribution in [0.5, 0.6) is 5.75 Å². The van der Waals surface area contributed by atoms with Crippen molar-refractivity contribution in [1.82, 2.24) is 5.32 Å². The maximum atomic E-state index is 13.4. The normalized spacial score (nSPS) is 13.2. The Morgan fingerprint density at radius 3 is 2.24 bits per heavy atom. The van der Waals surface area contributed by atoms with Crippen molar-refractivity contribution >= 4 is 75.1 Å². The van der Waals surface area contributed by atoms with Gasteiger partial charge in [0.05, 0.1) is 23.4 Å². The Bertz CT molecular complexity index is 1200. The Hall–Kier alpha value is -2.10. The van der Waals surface area contributed by atoms with Gasteiger partial charge < -0.3 is 19.9 Å². The predicted molar refractivity (Wildman–Crippen MR) is 149 cm³/mol. The van der Waals surface area contributed by atoms with Crippen molar-refractivity contribution in [3.05, 3.63) is 54.6 Å². The van der Waals surface area contributed by atoms with Crippen molar-refractivity contribution in [3.63, 3.8) is 0 Å². The van der Waals surface area contributed by atoms with E-state index < -0.39 is 10.0 Å². The lowest BCUT2D eigenvalue weighted by Gasteiger charge is -2.31. The van der Waals surface area contributed by atoms with E-state index in [1.54, 1.807) is 25.3 Å². The summed E-state index contributed by atoms with van der Waals surface area (Å²) < 4.78 is 35.0. The number of ether oxygens (including phenoxy) is 1. The van der Waals surface area contributed by atoms with Crippen molar-refractivity contribution in [2.24, 2.45) is 0 Å². The Kier molecular flexibility index (Phi) is 11.1. The van der Waals surface area contributed by atoms with Crippen LogP contribution in [0.15, 0.2) is 59.5 Å². The average molecular weight is 550 g/mol. The molecule has 0 bridgehead atoms. The van der Waals surface area contributed by atoms with Crippen LogP contribution < -0.4 is 24.6 Å². The zero-order valence-electron chi connectivity index (χ0n) is 19.3. The van der Waals surface area contributed by atoms with E-state index in [0.29, 0.717) is 11.1 Å². The molecule has 11 heteroatoms. The first-order valence-corrected chi connectivity index (χ1v) is 11.7. The Balaban J connectivity index is 0.00000193. The molecule has 0 saturated carbocycles. The molecule has 0 unspecified atom stereocenters. The number of hydrogen-bond donors (Lipinski definition) is 2. The maximum absolute atomic E-state index is 13.4. The van der Waals surface area contributed by atoms with Gasteiger partial charge in [0.25, 0.3) is 10.0 Å². The maximum Gasteiger partial charge on any atom is 0.262 e. The summed E-state index contributed by atoms with van der Waals surface area (Å²) in [4.78, 5) is 4.44. The minimum absolute atomic E-state index is 0. The lowest BCUT2D eigenvalue weighted by molar-refractivity contribution is 0.413. The molecule has 7 nitrogen and oxygen atoms in total.